The smallest absolute Gasteiger partial charge is 0.169 e. The van der Waals surface area contributed by atoms with Crippen LogP contribution in [0.2, 0.25) is 0 Å². The number of hydrogen-bond donors (Lipinski definition) is 1. The molecule has 0 spiro atoms. The summed E-state index contributed by atoms with van der Waals surface area (Å²) in [4.78, 5) is 14.3. The lowest BCUT2D eigenvalue weighted by Gasteiger charge is -2.28. The molecule has 2 heterocycles. The molecule has 2 rings (SSSR count). The van der Waals surface area contributed by atoms with Crippen molar-refractivity contribution in [3.05, 3.63) is 16.3 Å². The maximum atomic E-state index is 11.1. The Morgan fingerprint density at radius 1 is 1.50 bits per heavy atom. The molecular formula is C10H14N2OS. The lowest BCUT2D eigenvalue weighted by molar-refractivity contribution is 0.102. The molecule has 1 aliphatic heterocycles. The Bertz CT molecular complexity index is 329. The molecule has 1 aromatic rings. The highest BCUT2D eigenvalue weighted by Crippen LogP contribution is 2.23. The number of carbonyl (C=O) groups is 1. The number of hydrogen-bond acceptors (Lipinski definition) is 4. The number of thiophene rings is 1. The van der Waals surface area contributed by atoms with E-state index in [-0.39, 0.29) is 5.78 Å². The molecule has 1 fully saturated rings. The highest BCUT2D eigenvalue weighted by atomic mass is 32.1. The van der Waals surface area contributed by atoms with Crippen molar-refractivity contribution in [1.29, 1.82) is 0 Å². The van der Waals surface area contributed by atoms with Gasteiger partial charge in [-0.15, -0.1) is 11.3 Å². The van der Waals surface area contributed by atoms with Gasteiger partial charge in [-0.25, -0.2) is 0 Å². The van der Waals surface area contributed by atoms with Gasteiger partial charge in [0.05, 0.1) is 4.88 Å². The molecule has 14 heavy (non-hydrogen) atoms. The van der Waals surface area contributed by atoms with E-state index in [1.54, 1.807) is 6.92 Å². The van der Waals surface area contributed by atoms with Crippen LogP contribution < -0.4 is 10.2 Å². The number of ketones is 1. The van der Waals surface area contributed by atoms with Gasteiger partial charge in [-0.05, 0) is 13.0 Å². The average molecular weight is 210 g/mol. The monoisotopic (exact) mass is 210 g/mol. The topological polar surface area (TPSA) is 32.3 Å². The number of Topliss-reactive ketones (excluding diaryl/α,β-unsaturated/α-hetero) is 1. The number of piperazine rings is 1. The molecule has 0 bridgehead atoms. The minimum Gasteiger partial charge on any atom is -0.368 e. The SMILES string of the molecule is CC(=O)c1cc(N2CCNCC2)cs1. The van der Waals surface area contributed by atoms with Crippen LogP contribution in [0.4, 0.5) is 5.69 Å². The molecule has 76 valence electrons. The van der Waals surface area contributed by atoms with E-state index < -0.39 is 0 Å². The maximum absolute atomic E-state index is 11.1. The van der Waals surface area contributed by atoms with Gasteiger partial charge in [0.15, 0.2) is 5.78 Å². The Balaban J connectivity index is 2.11. The van der Waals surface area contributed by atoms with Crippen molar-refractivity contribution < 1.29 is 4.79 Å². The Labute approximate surface area is 87.7 Å². The Morgan fingerprint density at radius 2 is 2.21 bits per heavy atom. The number of nitrogens with one attached hydrogen (secondary N) is 1. The van der Waals surface area contributed by atoms with Crippen molar-refractivity contribution in [3.8, 4) is 0 Å². The van der Waals surface area contributed by atoms with E-state index in [0.717, 1.165) is 31.1 Å². The van der Waals surface area contributed by atoms with E-state index in [9.17, 15) is 4.79 Å². The van der Waals surface area contributed by atoms with Crippen molar-refractivity contribution in [3.63, 3.8) is 0 Å². The van der Waals surface area contributed by atoms with E-state index in [0.29, 0.717) is 0 Å². The Hall–Kier alpha value is -0.870. The van der Waals surface area contributed by atoms with Crippen LogP contribution in [0.5, 0.6) is 0 Å². The van der Waals surface area contributed by atoms with E-state index in [4.69, 9.17) is 0 Å². The first-order valence-corrected chi connectivity index (χ1v) is 5.70. The molecule has 0 atom stereocenters. The zero-order chi connectivity index (χ0) is 9.97. The molecule has 0 aromatic carbocycles. The fourth-order valence-electron chi connectivity index (χ4n) is 1.60. The standard InChI is InChI=1S/C10H14N2OS/c1-8(13)10-6-9(7-14-10)12-4-2-11-3-5-12/h6-7,11H,2-5H2,1H3. The second-order valence-electron chi connectivity index (χ2n) is 3.46. The van der Waals surface area contributed by atoms with Crippen LogP contribution in [0.25, 0.3) is 0 Å². The summed E-state index contributed by atoms with van der Waals surface area (Å²) in [6.07, 6.45) is 0. The summed E-state index contributed by atoms with van der Waals surface area (Å²) >= 11 is 1.54. The van der Waals surface area contributed by atoms with E-state index in [2.05, 4.69) is 15.6 Å². The van der Waals surface area contributed by atoms with Crippen LogP contribution >= 0.6 is 11.3 Å². The fourth-order valence-corrected chi connectivity index (χ4v) is 2.42. The minimum atomic E-state index is 0.163. The van der Waals surface area contributed by atoms with Crippen LogP contribution in [0.3, 0.4) is 0 Å². The number of carbonyl (C=O) groups excluding carboxylic acids is 1. The van der Waals surface area contributed by atoms with Crippen LogP contribution in [-0.2, 0) is 0 Å². The van der Waals surface area contributed by atoms with E-state index >= 15 is 0 Å². The third kappa shape index (κ3) is 1.96. The quantitative estimate of drug-likeness (QED) is 0.748. The number of anilines is 1. The molecule has 1 aromatic heterocycles. The summed E-state index contributed by atoms with van der Waals surface area (Å²) in [5, 5.41) is 5.38. The lowest BCUT2D eigenvalue weighted by Crippen LogP contribution is -2.43. The van der Waals surface area contributed by atoms with Gasteiger partial charge in [0, 0.05) is 37.2 Å². The summed E-state index contributed by atoms with van der Waals surface area (Å²) < 4.78 is 0. The zero-order valence-corrected chi connectivity index (χ0v) is 9.06. The molecule has 0 unspecified atom stereocenters. The van der Waals surface area contributed by atoms with Crippen molar-refractivity contribution in [2.45, 2.75) is 6.92 Å². The summed E-state index contributed by atoms with van der Waals surface area (Å²) in [5.74, 6) is 0.163. The van der Waals surface area contributed by atoms with Crippen molar-refractivity contribution in [2.75, 3.05) is 31.1 Å². The van der Waals surface area contributed by atoms with E-state index in [1.165, 1.54) is 17.0 Å². The summed E-state index contributed by atoms with van der Waals surface area (Å²) in [5.41, 5.74) is 1.20. The molecule has 1 N–H and O–H groups in total. The minimum absolute atomic E-state index is 0.163. The fraction of sp³-hybridized carbons (Fsp3) is 0.500. The first-order valence-electron chi connectivity index (χ1n) is 4.82. The molecule has 3 nitrogen and oxygen atoms in total. The predicted octanol–water partition coefficient (Wildman–Crippen LogP) is 1.36. The summed E-state index contributed by atoms with van der Waals surface area (Å²) in [6.45, 7) is 5.76. The van der Waals surface area contributed by atoms with Gasteiger partial charge < -0.3 is 10.2 Å². The predicted molar refractivity (Wildman–Crippen MR) is 59.4 cm³/mol. The molecular weight excluding hydrogens is 196 g/mol. The second kappa shape index (κ2) is 4.11. The zero-order valence-electron chi connectivity index (χ0n) is 8.25. The first-order chi connectivity index (χ1) is 6.77. The van der Waals surface area contributed by atoms with Crippen molar-refractivity contribution >= 4 is 22.8 Å². The summed E-state index contributed by atoms with van der Waals surface area (Å²) in [7, 11) is 0. The van der Waals surface area contributed by atoms with Crippen molar-refractivity contribution in [2.24, 2.45) is 0 Å². The molecule has 0 saturated carbocycles. The third-order valence-electron chi connectivity index (χ3n) is 2.41. The van der Waals surface area contributed by atoms with Crippen LogP contribution in [0, 0.1) is 0 Å². The Morgan fingerprint density at radius 3 is 2.79 bits per heavy atom. The molecule has 0 aliphatic carbocycles. The van der Waals surface area contributed by atoms with Gasteiger partial charge in [-0.2, -0.15) is 0 Å². The van der Waals surface area contributed by atoms with Gasteiger partial charge in [0.1, 0.15) is 0 Å². The Kier molecular flexibility index (Phi) is 2.84. The lowest BCUT2D eigenvalue weighted by atomic mass is 10.3. The average Bonchev–Trinajstić information content (AvgIpc) is 2.68. The van der Waals surface area contributed by atoms with E-state index in [1.807, 2.05) is 6.07 Å². The second-order valence-corrected chi connectivity index (χ2v) is 4.37. The maximum Gasteiger partial charge on any atom is 0.169 e. The van der Waals surface area contributed by atoms with Gasteiger partial charge in [0.25, 0.3) is 0 Å². The number of rotatable bonds is 2. The van der Waals surface area contributed by atoms with Crippen LogP contribution in [-0.4, -0.2) is 32.0 Å². The number of nitrogens with zero attached hydrogens (tertiary/aromatic N) is 1. The first kappa shape index (κ1) is 9.68. The van der Waals surface area contributed by atoms with Gasteiger partial charge in [-0.1, -0.05) is 0 Å². The molecule has 1 aliphatic rings. The van der Waals surface area contributed by atoms with Gasteiger partial charge >= 0.3 is 0 Å². The largest absolute Gasteiger partial charge is 0.368 e. The molecule has 0 amide bonds. The highest BCUT2D eigenvalue weighted by molar-refractivity contribution is 7.12. The van der Waals surface area contributed by atoms with Gasteiger partial charge in [-0.3, -0.25) is 4.79 Å². The van der Waals surface area contributed by atoms with Crippen molar-refractivity contribution in [1.82, 2.24) is 5.32 Å². The summed E-state index contributed by atoms with van der Waals surface area (Å²) in [6, 6.07) is 2.00. The normalized spacial score (nSPS) is 17.1. The van der Waals surface area contributed by atoms with Gasteiger partial charge in [0.2, 0.25) is 0 Å². The molecule has 4 heteroatoms. The third-order valence-corrected chi connectivity index (χ3v) is 3.43. The molecule has 0 radical (unpaired) electrons. The van der Waals surface area contributed by atoms with Crippen LogP contribution in [0.15, 0.2) is 11.4 Å². The molecule has 1 saturated heterocycles. The van der Waals surface area contributed by atoms with Crippen LogP contribution in [0.1, 0.15) is 16.6 Å². The highest BCUT2D eigenvalue weighted by Gasteiger charge is 2.12.